The topological polar surface area (TPSA) is 68.0 Å². The third kappa shape index (κ3) is 2.82. The number of nitrogens with zero attached hydrogens (tertiary/aromatic N) is 2. The van der Waals surface area contributed by atoms with Gasteiger partial charge in [-0.05, 0) is 19.4 Å². The van der Waals surface area contributed by atoms with E-state index < -0.39 is 5.54 Å². The van der Waals surface area contributed by atoms with Crippen LogP contribution in [0.3, 0.4) is 0 Å². The smallest absolute Gasteiger partial charge is 0.263 e. The first-order valence-electron chi connectivity index (χ1n) is 6.83. The molecule has 1 N–H and O–H groups in total. The number of furan rings is 1. The van der Waals surface area contributed by atoms with Crippen LogP contribution in [0.4, 0.5) is 0 Å². The fraction of sp³-hybridized carbons (Fsp3) is 0.267. The lowest BCUT2D eigenvalue weighted by Gasteiger charge is -2.27. The van der Waals surface area contributed by atoms with E-state index in [2.05, 4.69) is 15.3 Å². The summed E-state index contributed by atoms with van der Waals surface area (Å²) in [6.07, 6.45) is 7.32. The van der Waals surface area contributed by atoms with E-state index in [0.29, 0.717) is 4.88 Å². The first-order chi connectivity index (χ1) is 10.6. The zero-order valence-corrected chi connectivity index (χ0v) is 13.8. The Morgan fingerprint density at radius 1 is 1.45 bits per heavy atom. The number of amides is 1. The van der Waals surface area contributed by atoms with Crippen molar-refractivity contribution in [1.82, 2.24) is 15.3 Å². The van der Waals surface area contributed by atoms with Crippen LogP contribution in [0.15, 0.2) is 40.8 Å². The Bertz CT molecular complexity index is 750. The second kappa shape index (κ2) is 6.02. The van der Waals surface area contributed by atoms with Crippen LogP contribution in [0.25, 0.3) is 10.6 Å². The van der Waals surface area contributed by atoms with Gasteiger partial charge in [0.25, 0.3) is 5.91 Å². The van der Waals surface area contributed by atoms with Crippen LogP contribution in [0.2, 0.25) is 0 Å². The molecule has 0 aliphatic heterocycles. The third-order valence-corrected chi connectivity index (χ3v) is 5.58. The second-order valence-electron chi connectivity index (χ2n) is 5.02. The van der Waals surface area contributed by atoms with E-state index in [1.54, 1.807) is 36.3 Å². The number of carbonyl (C=O) groups excluding carboxylic acids is 1. The summed E-state index contributed by atoms with van der Waals surface area (Å²) in [5.74, 6) is -0.133. The molecule has 7 heteroatoms. The molecule has 0 spiro atoms. The van der Waals surface area contributed by atoms with Crippen LogP contribution in [-0.2, 0) is 5.54 Å². The minimum absolute atomic E-state index is 0.133. The molecule has 0 aliphatic carbocycles. The molecule has 22 heavy (non-hydrogen) atoms. The van der Waals surface area contributed by atoms with E-state index in [9.17, 15) is 4.79 Å². The van der Waals surface area contributed by atoms with Gasteiger partial charge in [-0.3, -0.25) is 4.79 Å². The van der Waals surface area contributed by atoms with Gasteiger partial charge in [-0.1, -0.05) is 6.92 Å². The summed E-state index contributed by atoms with van der Waals surface area (Å²) in [6.45, 7) is 4.02. The molecule has 0 fully saturated rings. The summed E-state index contributed by atoms with van der Waals surface area (Å²) in [4.78, 5) is 21.7. The maximum atomic E-state index is 12.5. The number of carbonyl (C=O) groups is 1. The van der Waals surface area contributed by atoms with E-state index in [-0.39, 0.29) is 5.91 Å². The molecule has 0 saturated carbocycles. The van der Waals surface area contributed by atoms with Crippen molar-refractivity contribution in [3.05, 3.63) is 46.3 Å². The first kappa shape index (κ1) is 14.9. The van der Waals surface area contributed by atoms with Gasteiger partial charge in [-0.25, -0.2) is 9.97 Å². The molecule has 0 aliphatic rings. The molecule has 3 aromatic rings. The first-order valence-corrected chi connectivity index (χ1v) is 8.53. The van der Waals surface area contributed by atoms with Crippen LogP contribution in [-0.4, -0.2) is 15.9 Å². The highest BCUT2D eigenvalue weighted by molar-refractivity contribution is 7.16. The number of hydrogen-bond donors (Lipinski definition) is 1. The van der Waals surface area contributed by atoms with Crippen molar-refractivity contribution in [2.75, 3.05) is 0 Å². The number of nitrogens with one attached hydrogen (secondary N) is 1. The maximum Gasteiger partial charge on any atom is 0.263 e. The Morgan fingerprint density at radius 2 is 2.32 bits per heavy atom. The maximum absolute atomic E-state index is 12.5. The molecular weight excluding hydrogens is 318 g/mol. The number of hydrogen-bond acceptors (Lipinski definition) is 6. The van der Waals surface area contributed by atoms with Crippen LogP contribution in [0.1, 0.15) is 34.9 Å². The Labute approximate surface area is 136 Å². The van der Waals surface area contributed by atoms with E-state index >= 15 is 0 Å². The summed E-state index contributed by atoms with van der Waals surface area (Å²) < 4.78 is 5.04. The van der Waals surface area contributed by atoms with Crippen LogP contribution < -0.4 is 5.32 Å². The van der Waals surface area contributed by atoms with Crippen LogP contribution in [0.5, 0.6) is 0 Å². The number of rotatable bonds is 5. The van der Waals surface area contributed by atoms with Gasteiger partial charge in [0, 0.05) is 17.1 Å². The Balaban J connectivity index is 1.80. The van der Waals surface area contributed by atoms with Gasteiger partial charge in [0.1, 0.15) is 21.2 Å². The molecule has 0 saturated heterocycles. The largest absolute Gasteiger partial charge is 0.472 e. The van der Waals surface area contributed by atoms with Gasteiger partial charge in [0.15, 0.2) is 0 Å². The summed E-state index contributed by atoms with van der Waals surface area (Å²) in [5.41, 5.74) is 0.410. The lowest BCUT2D eigenvalue weighted by Crippen LogP contribution is -2.42. The molecular formula is C15H15N3O2S2. The predicted octanol–water partition coefficient (Wildman–Crippen LogP) is 3.91. The highest BCUT2D eigenvalue weighted by atomic mass is 32.1. The lowest BCUT2D eigenvalue weighted by atomic mass is 10.00. The van der Waals surface area contributed by atoms with Gasteiger partial charge in [0.2, 0.25) is 0 Å². The van der Waals surface area contributed by atoms with Crippen molar-refractivity contribution >= 4 is 28.6 Å². The van der Waals surface area contributed by atoms with Crippen LogP contribution >= 0.6 is 22.7 Å². The Kier molecular flexibility index (Phi) is 4.08. The van der Waals surface area contributed by atoms with Crippen molar-refractivity contribution < 1.29 is 9.21 Å². The van der Waals surface area contributed by atoms with Crippen molar-refractivity contribution in [3.63, 3.8) is 0 Å². The monoisotopic (exact) mass is 333 g/mol. The third-order valence-electron chi connectivity index (χ3n) is 3.50. The molecule has 5 nitrogen and oxygen atoms in total. The molecule has 0 bridgehead atoms. The second-order valence-corrected chi connectivity index (χ2v) is 6.94. The molecule has 3 rings (SSSR count). The van der Waals surface area contributed by atoms with E-state index in [1.165, 1.54) is 11.3 Å². The van der Waals surface area contributed by atoms with Crippen molar-refractivity contribution in [3.8, 4) is 10.6 Å². The van der Waals surface area contributed by atoms with Gasteiger partial charge in [0.05, 0.1) is 18.0 Å². The van der Waals surface area contributed by atoms with Gasteiger partial charge < -0.3 is 9.73 Å². The van der Waals surface area contributed by atoms with E-state index in [0.717, 1.165) is 22.0 Å². The normalized spacial score (nSPS) is 13.7. The Morgan fingerprint density at radius 3 is 2.95 bits per heavy atom. The van der Waals surface area contributed by atoms with Crippen molar-refractivity contribution in [1.29, 1.82) is 0 Å². The zero-order chi connectivity index (χ0) is 15.6. The zero-order valence-electron chi connectivity index (χ0n) is 12.2. The fourth-order valence-corrected chi connectivity index (χ4v) is 3.62. The molecule has 3 aromatic heterocycles. The molecule has 0 aromatic carbocycles. The van der Waals surface area contributed by atoms with Crippen LogP contribution in [0, 0.1) is 0 Å². The summed E-state index contributed by atoms with van der Waals surface area (Å²) in [5, 5.41) is 6.67. The fourth-order valence-electron chi connectivity index (χ4n) is 2.00. The quantitative estimate of drug-likeness (QED) is 0.768. The summed E-state index contributed by atoms with van der Waals surface area (Å²) in [6, 6.07) is 1.83. The van der Waals surface area contributed by atoms with Crippen molar-refractivity contribution in [2.24, 2.45) is 0 Å². The average Bonchev–Trinajstić information content (AvgIpc) is 3.27. The molecule has 1 atom stereocenters. The average molecular weight is 333 g/mol. The highest BCUT2D eigenvalue weighted by Crippen LogP contribution is 2.29. The van der Waals surface area contributed by atoms with Gasteiger partial charge >= 0.3 is 0 Å². The Hall–Kier alpha value is -1.99. The lowest BCUT2D eigenvalue weighted by molar-refractivity contribution is 0.0906. The number of thiazole rings is 2. The summed E-state index contributed by atoms with van der Waals surface area (Å²) >= 11 is 2.89. The minimum atomic E-state index is -0.467. The molecule has 3 heterocycles. The highest BCUT2D eigenvalue weighted by Gasteiger charge is 2.30. The van der Waals surface area contributed by atoms with E-state index in [4.69, 9.17) is 4.42 Å². The summed E-state index contributed by atoms with van der Waals surface area (Å²) in [7, 11) is 0. The number of aromatic nitrogens is 2. The predicted molar refractivity (Wildman–Crippen MR) is 87.0 cm³/mol. The molecule has 0 radical (unpaired) electrons. The standard InChI is InChI=1S/C15H15N3O2S2/c1-3-15(2,14-16-5-7-21-14)18-12(19)11-8-17-13(22-11)10-4-6-20-9-10/h4-9H,3H2,1-2H3,(H,18,19)/t15-/m0/s1. The minimum Gasteiger partial charge on any atom is -0.472 e. The van der Waals surface area contributed by atoms with Gasteiger partial charge in [-0.2, -0.15) is 0 Å². The SMILES string of the molecule is CC[C@](C)(NC(=O)c1cnc(-c2ccoc2)s1)c1nccs1. The van der Waals surface area contributed by atoms with E-state index in [1.807, 2.05) is 25.3 Å². The molecule has 114 valence electrons. The van der Waals surface area contributed by atoms with Crippen molar-refractivity contribution in [2.45, 2.75) is 25.8 Å². The molecule has 0 unspecified atom stereocenters. The van der Waals surface area contributed by atoms with Gasteiger partial charge in [-0.15, -0.1) is 22.7 Å². The molecule has 1 amide bonds.